The molecule has 1 heterocycles. The van der Waals surface area contributed by atoms with Crippen molar-refractivity contribution in [3.8, 4) is 0 Å². The van der Waals surface area contributed by atoms with Crippen molar-refractivity contribution in [3.63, 3.8) is 0 Å². The highest BCUT2D eigenvalue weighted by Crippen LogP contribution is 2.47. The van der Waals surface area contributed by atoms with Crippen molar-refractivity contribution in [2.24, 2.45) is 17.8 Å². The molecule has 2 aromatic carbocycles. The van der Waals surface area contributed by atoms with Crippen molar-refractivity contribution >= 4 is 17.2 Å². The van der Waals surface area contributed by atoms with Gasteiger partial charge in [-0.25, -0.2) is 0 Å². The molecule has 1 unspecified atom stereocenters. The van der Waals surface area contributed by atoms with Crippen molar-refractivity contribution in [3.05, 3.63) is 82.9 Å². The first-order valence-corrected chi connectivity index (χ1v) is 15.4. The molecule has 2 saturated carbocycles. The predicted octanol–water partition coefficient (Wildman–Crippen LogP) is 8.03. The van der Waals surface area contributed by atoms with E-state index in [4.69, 9.17) is 14.9 Å². The van der Waals surface area contributed by atoms with Gasteiger partial charge >= 0.3 is 0 Å². The highest BCUT2D eigenvalue weighted by molar-refractivity contribution is 6.04. The fraction of sp³-hybridized carbons (Fsp3) is 0.514. The molecule has 2 aliphatic carbocycles. The Hall–Kier alpha value is -3.25. The lowest BCUT2D eigenvalue weighted by Gasteiger charge is -2.36. The number of amides is 1. The highest BCUT2D eigenvalue weighted by Gasteiger charge is 2.38. The third-order valence-corrected chi connectivity index (χ3v) is 8.35. The molecule has 5 rings (SSSR count). The zero-order valence-electron chi connectivity index (χ0n) is 25.4. The van der Waals surface area contributed by atoms with Gasteiger partial charge < -0.3 is 14.6 Å². The first kappa shape index (κ1) is 29.2. The largest absolute Gasteiger partial charge is 0.376 e. The summed E-state index contributed by atoms with van der Waals surface area (Å²) in [5, 5.41) is 12.6. The minimum atomic E-state index is -0.128. The van der Waals surface area contributed by atoms with E-state index >= 15 is 0 Å². The van der Waals surface area contributed by atoms with E-state index in [1.54, 1.807) is 6.08 Å². The summed E-state index contributed by atoms with van der Waals surface area (Å²) in [4.78, 5) is 13.4. The second-order valence-corrected chi connectivity index (χ2v) is 12.9. The van der Waals surface area contributed by atoms with Crippen molar-refractivity contribution in [1.82, 2.24) is 14.8 Å². The molecular formula is C35H46N4O2. The first-order valence-electron chi connectivity index (χ1n) is 15.4. The molecule has 0 aliphatic heterocycles. The van der Waals surface area contributed by atoms with E-state index in [9.17, 15) is 4.79 Å². The number of anilines is 1. The third-order valence-electron chi connectivity index (χ3n) is 8.35. The molecule has 1 N–H and O–H groups in total. The van der Waals surface area contributed by atoms with Crippen LogP contribution < -0.4 is 5.32 Å². The van der Waals surface area contributed by atoms with Gasteiger partial charge in [-0.15, -0.1) is 10.2 Å². The predicted molar refractivity (Wildman–Crippen MR) is 166 cm³/mol. The van der Waals surface area contributed by atoms with Gasteiger partial charge in [-0.2, -0.15) is 0 Å². The number of allylic oxidation sites excluding steroid dienone is 1. The summed E-state index contributed by atoms with van der Waals surface area (Å²) in [5.41, 5.74) is 5.17. The number of ether oxygens (including phenoxy) is 1. The molecule has 0 radical (unpaired) electrons. The van der Waals surface area contributed by atoms with E-state index in [1.165, 1.54) is 24.8 Å². The van der Waals surface area contributed by atoms with E-state index in [-0.39, 0.29) is 11.8 Å². The summed E-state index contributed by atoms with van der Waals surface area (Å²) in [5.74, 6) is 4.05. The van der Waals surface area contributed by atoms with Crippen molar-refractivity contribution < 1.29 is 9.53 Å². The van der Waals surface area contributed by atoms with E-state index in [0.717, 1.165) is 58.7 Å². The van der Waals surface area contributed by atoms with Crippen LogP contribution in [0.5, 0.6) is 0 Å². The van der Waals surface area contributed by atoms with Gasteiger partial charge in [0.1, 0.15) is 5.82 Å². The Morgan fingerprint density at radius 2 is 1.83 bits per heavy atom. The normalized spacial score (nSPS) is 19.7. The fourth-order valence-corrected chi connectivity index (χ4v) is 6.18. The number of hydrogen-bond donors (Lipinski definition) is 1. The number of carbonyl (C=O) groups is 1. The number of carbonyl (C=O) groups excluding carboxylic acids is 1. The number of nitrogens with one attached hydrogen (secondary N) is 1. The van der Waals surface area contributed by atoms with Crippen LogP contribution in [0.25, 0.3) is 5.57 Å². The van der Waals surface area contributed by atoms with Crippen LogP contribution in [0.4, 0.5) is 5.69 Å². The minimum Gasteiger partial charge on any atom is -0.376 e. The van der Waals surface area contributed by atoms with Crippen LogP contribution >= 0.6 is 0 Å². The number of benzene rings is 2. The van der Waals surface area contributed by atoms with Gasteiger partial charge in [0.25, 0.3) is 0 Å². The fourth-order valence-electron chi connectivity index (χ4n) is 6.18. The molecule has 218 valence electrons. The maximum atomic E-state index is 13.4. The lowest BCUT2D eigenvalue weighted by atomic mass is 9.71. The number of aromatic nitrogens is 3. The third kappa shape index (κ3) is 7.73. The quantitative estimate of drug-likeness (QED) is 0.217. The van der Waals surface area contributed by atoms with E-state index < -0.39 is 0 Å². The Morgan fingerprint density at radius 3 is 2.51 bits per heavy atom. The van der Waals surface area contributed by atoms with E-state index in [0.29, 0.717) is 31.6 Å². The smallest absolute Gasteiger partial charge is 0.248 e. The average Bonchev–Trinajstić information content (AvgIpc) is 3.66. The molecule has 2 aliphatic rings. The standard InChI is InChI=1S/C35H46N4O2/c1-23(2)15-28-18-30(19-28)35-38-37-34(39(35)31-12-13-31)29(17-25(4)21-41-22-27-9-7-6-8-10-27)20-33(40)36-32-14-11-24(3)16-26(32)5/h6-11,14,16,20,23,25,28,30-31H,12-13,15,17-19,21-22H2,1-5H3,(H,36,40)/b29-20-. The summed E-state index contributed by atoms with van der Waals surface area (Å²) in [6, 6.07) is 16.8. The molecule has 6 nitrogen and oxygen atoms in total. The Morgan fingerprint density at radius 1 is 1.07 bits per heavy atom. The molecule has 1 aromatic heterocycles. The summed E-state index contributed by atoms with van der Waals surface area (Å²) in [6.07, 6.45) is 8.42. The van der Waals surface area contributed by atoms with Crippen molar-refractivity contribution in [2.45, 2.75) is 91.7 Å². The summed E-state index contributed by atoms with van der Waals surface area (Å²) >= 11 is 0. The van der Waals surface area contributed by atoms with Gasteiger partial charge in [-0.3, -0.25) is 4.79 Å². The number of nitrogens with zero attached hydrogens (tertiary/aromatic N) is 3. The molecule has 1 amide bonds. The number of hydrogen-bond acceptors (Lipinski definition) is 4. The van der Waals surface area contributed by atoms with E-state index in [2.05, 4.69) is 55.8 Å². The van der Waals surface area contributed by atoms with Crippen molar-refractivity contribution in [1.29, 1.82) is 0 Å². The molecule has 0 spiro atoms. The Labute approximate surface area is 245 Å². The van der Waals surface area contributed by atoms with Crippen LogP contribution in [-0.2, 0) is 16.1 Å². The summed E-state index contributed by atoms with van der Waals surface area (Å²) in [7, 11) is 0. The van der Waals surface area contributed by atoms with Crippen LogP contribution in [0.3, 0.4) is 0 Å². The van der Waals surface area contributed by atoms with Crippen LogP contribution in [0.15, 0.2) is 54.6 Å². The van der Waals surface area contributed by atoms with Gasteiger partial charge in [0.2, 0.25) is 5.91 Å². The summed E-state index contributed by atoms with van der Waals surface area (Å²) < 4.78 is 8.46. The number of rotatable bonds is 13. The minimum absolute atomic E-state index is 0.128. The first-order chi connectivity index (χ1) is 19.8. The topological polar surface area (TPSA) is 69.0 Å². The molecule has 3 aromatic rings. The average molecular weight is 555 g/mol. The van der Waals surface area contributed by atoms with Crippen molar-refractivity contribution in [2.75, 3.05) is 11.9 Å². The maximum Gasteiger partial charge on any atom is 0.248 e. The zero-order chi connectivity index (χ0) is 28.9. The van der Waals surface area contributed by atoms with Gasteiger partial charge in [-0.05, 0) is 87.3 Å². The molecule has 6 heteroatoms. The monoisotopic (exact) mass is 554 g/mol. The molecule has 41 heavy (non-hydrogen) atoms. The lowest BCUT2D eigenvalue weighted by molar-refractivity contribution is -0.111. The SMILES string of the molecule is Cc1ccc(NC(=O)/C=C(/CC(C)COCc2ccccc2)c2nnc(C3CC(CC(C)C)C3)n2C2CC2)c(C)c1. The van der Waals surface area contributed by atoms with Crippen LogP contribution in [0.1, 0.15) is 99.6 Å². The van der Waals surface area contributed by atoms with Gasteiger partial charge in [0.15, 0.2) is 5.82 Å². The van der Waals surface area contributed by atoms with E-state index in [1.807, 2.05) is 37.3 Å². The highest BCUT2D eigenvalue weighted by atomic mass is 16.5. The Kier molecular flexibility index (Phi) is 9.39. The second-order valence-electron chi connectivity index (χ2n) is 12.9. The molecule has 0 bridgehead atoms. The van der Waals surface area contributed by atoms with Crippen LogP contribution in [-0.4, -0.2) is 27.3 Å². The maximum absolute atomic E-state index is 13.4. The number of aryl methyl sites for hydroxylation is 2. The molecular weight excluding hydrogens is 508 g/mol. The molecule has 1 atom stereocenters. The van der Waals surface area contributed by atoms with Gasteiger partial charge in [-0.1, -0.05) is 68.8 Å². The van der Waals surface area contributed by atoms with Gasteiger partial charge in [0.05, 0.1) is 6.61 Å². The molecule has 2 fully saturated rings. The van der Waals surface area contributed by atoms with Crippen LogP contribution in [0, 0.1) is 31.6 Å². The molecule has 0 saturated heterocycles. The Bertz CT molecular complexity index is 1350. The van der Waals surface area contributed by atoms with Gasteiger partial charge in [0, 0.05) is 35.9 Å². The Balaban J connectivity index is 1.36. The second kappa shape index (κ2) is 13.2. The zero-order valence-corrected chi connectivity index (χ0v) is 25.4. The summed E-state index contributed by atoms with van der Waals surface area (Å²) in [6.45, 7) is 12.1. The van der Waals surface area contributed by atoms with Crippen LogP contribution in [0.2, 0.25) is 0 Å². The lowest BCUT2D eigenvalue weighted by Crippen LogP contribution is -2.26.